The maximum atomic E-state index is 12.5. The highest BCUT2D eigenvalue weighted by Gasteiger charge is 2.42. The topological polar surface area (TPSA) is 55.4 Å². The Morgan fingerprint density at radius 3 is 2.48 bits per heavy atom. The smallest absolute Gasteiger partial charge is 0.340 e. The van der Waals surface area contributed by atoms with E-state index in [2.05, 4.69) is 26.0 Å². The lowest BCUT2D eigenvalue weighted by Gasteiger charge is -2.14. The molecule has 0 saturated carbocycles. The lowest BCUT2D eigenvalue weighted by atomic mass is 10.2. The molecule has 0 unspecified atom stereocenters. The average Bonchev–Trinajstić information content (AvgIpc) is 2.47. The summed E-state index contributed by atoms with van der Waals surface area (Å²) in [5.74, 6) is -5.80. The second kappa shape index (κ2) is 8.85. The number of nitrogens with one attached hydrogen (secondary N) is 1. The number of hydrogen-bond acceptors (Lipinski definition) is 3. The minimum atomic E-state index is -4.37. The van der Waals surface area contributed by atoms with E-state index in [0.717, 1.165) is 0 Å². The molecule has 0 radical (unpaired) electrons. The summed E-state index contributed by atoms with van der Waals surface area (Å²) in [6, 6.07) is 6.89. The molecule has 1 aromatic carbocycles. The molecule has 0 aromatic heterocycles. The Bertz CT molecular complexity index is 555. The van der Waals surface area contributed by atoms with E-state index in [4.69, 9.17) is 0 Å². The predicted molar refractivity (Wildman–Crippen MR) is 78.5 cm³/mol. The number of amides is 1. The van der Waals surface area contributed by atoms with Gasteiger partial charge in [-0.2, -0.15) is 8.78 Å². The SMILES string of the molecule is O=C(CCCC(=O)OCC(F)(F)C(F)F)Nc1ccccc1Br. The predicted octanol–water partition coefficient (Wildman–Crippen LogP) is 4.00. The number of rotatable bonds is 8. The van der Waals surface area contributed by atoms with Gasteiger partial charge in [-0.15, -0.1) is 0 Å². The third-order valence-corrected chi connectivity index (χ3v) is 3.37. The van der Waals surface area contributed by atoms with Crippen LogP contribution in [0.1, 0.15) is 19.3 Å². The van der Waals surface area contributed by atoms with E-state index in [1.54, 1.807) is 24.3 Å². The van der Waals surface area contributed by atoms with Crippen molar-refractivity contribution in [2.75, 3.05) is 11.9 Å². The summed E-state index contributed by atoms with van der Waals surface area (Å²) in [6.07, 6.45) is -4.20. The van der Waals surface area contributed by atoms with Gasteiger partial charge < -0.3 is 10.1 Å². The third kappa shape index (κ3) is 6.98. The van der Waals surface area contributed by atoms with Crippen LogP contribution in [0.2, 0.25) is 0 Å². The molecular weight excluding hydrogens is 386 g/mol. The summed E-state index contributed by atoms with van der Waals surface area (Å²) in [4.78, 5) is 22.8. The van der Waals surface area contributed by atoms with Crippen LogP contribution in [-0.4, -0.2) is 30.8 Å². The van der Waals surface area contributed by atoms with Gasteiger partial charge in [0, 0.05) is 17.3 Å². The molecule has 0 fully saturated rings. The Labute approximate surface area is 138 Å². The molecule has 4 nitrogen and oxygen atoms in total. The van der Waals surface area contributed by atoms with Crippen LogP contribution in [-0.2, 0) is 14.3 Å². The number of ether oxygens (including phenoxy) is 1. The van der Waals surface area contributed by atoms with E-state index >= 15 is 0 Å². The highest BCUT2D eigenvalue weighted by molar-refractivity contribution is 9.10. The first-order valence-corrected chi connectivity index (χ1v) is 7.37. The van der Waals surface area contributed by atoms with Gasteiger partial charge in [0.1, 0.15) is 0 Å². The van der Waals surface area contributed by atoms with Gasteiger partial charge in [0.15, 0.2) is 6.61 Å². The van der Waals surface area contributed by atoms with Gasteiger partial charge >= 0.3 is 18.3 Å². The second-order valence-electron chi connectivity index (χ2n) is 4.60. The van der Waals surface area contributed by atoms with E-state index in [-0.39, 0.29) is 25.2 Å². The van der Waals surface area contributed by atoms with E-state index in [1.807, 2.05) is 0 Å². The number of alkyl halides is 4. The van der Waals surface area contributed by atoms with Gasteiger partial charge in [-0.25, -0.2) is 8.78 Å². The van der Waals surface area contributed by atoms with Gasteiger partial charge in [0.05, 0.1) is 5.69 Å². The fourth-order valence-electron chi connectivity index (χ4n) is 1.48. The van der Waals surface area contributed by atoms with Crippen LogP contribution in [0, 0.1) is 0 Å². The average molecular weight is 400 g/mol. The van der Waals surface area contributed by atoms with Crippen LogP contribution in [0.5, 0.6) is 0 Å². The molecule has 23 heavy (non-hydrogen) atoms. The number of hydrogen-bond donors (Lipinski definition) is 1. The van der Waals surface area contributed by atoms with Crippen LogP contribution in [0.4, 0.5) is 23.2 Å². The quantitative estimate of drug-likeness (QED) is 0.530. The minimum Gasteiger partial charge on any atom is -0.459 e. The highest BCUT2D eigenvalue weighted by Crippen LogP contribution is 2.23. The van der Waals surface area contributed by atoms with Crippen molar-refractivity contribution in [1.82, 2.24) is 0 Å². The first kappa shape index (κ1) is 19.4. The number of esters is 1. The zero-order chi connectivity index (χ0) is 17.5. The molecule has 9 heteroatoms. The Kier molecular flexibility index (Phi) is 7.47. The molecule has 0 saturated heterocycles. The van der Waals surface area contributed by atoms with Crippen molar-refractivity contribution in [3.63, 3.8) is 0 Å². The largest absolute Gasteiger partial charge is 0.459 e. The van der Waals surface area contributed by atoms with Crippen molar-refractivity contribution in [2.45, 2.75) is 31.6 Å². The number of halogens is 5. The lowest BCUT2D eigenvalue weighted by Crippen LogP contribution is -2.33. The summed E-state index contributed by atoms with van der Waals surface area (Å²) in [5, 5.41) is 2.60. The summed E-state index contributed by atoms with van der Waals surface area (Å²) in [5.41, 5.74) is 0.552. The normalized spacial score (nSPS) is 11.4. The Balaban J connectivity index is 2.27. The molecule has 1 rings (SSSR count). The third-order valence-electron chi connectivity index (χ3n) is 2.68. The second-order valence-corrected chi connectivity index (χ2v) is 5.46. The minimum absolute atomic E-state index is 0.0400. The molecule has 0 aliphatic rings. The number of para-hydroxylation sites is 1. The Morgan fingerprint density at radius 2 is 1.87 bits per heavy atom. The van der Waals surface area contributed by atoms with E-state index in [1.165, 1.54) is 0 Å². The molecule has 1 N–H and O–H groups in total. The Hall–Kier alpha value is -1.64. The maximum Gasteiger partial charge on any atom is 0.340 e. The molecule has 1 aromatic rings. The van der Waals surface area contributed by atoms with Gasteiger partial charge in [0.25, 0.3) is 0 Å². The summed E-state index contributed by atoms with van der Waals surface area (Å²) < 4.78 is 53.6. The van der Waals surface area contributed by atoms with E-state index < -0.39 is 24.9 Å². The fraction of sp³-hybridized carbons (Fsp3) is 0.429. The fourth-order valence-corrected chi connectivity index (χ4v) is 1.86. The van der Waals surface area contributed by atoms with Crippen LogP contribution < -0.4 is 5.32 Å². The van der Waals surface area contributed by atoms with Crippen molar-refractivity contribution in [2.24, 2.45) is 0 Å². The van der Waals surface area contributed by atoms with Crippen molar-refractivity contribution in [3.05, 3.63) is 28.7 Å². The van der Waals surface area contributed by atoms with Gasteiger partial charge in [0.2, 0.25) is 5.91 Å². The van der Waals surface area contributed by atoms with E-state index in [9.17, 15) is 27.2 Å². The van der Waals surface area contributed by atoms with Crippen molar-refractivity contribution >= 4 is 33.5 Å². The Morgan fingerprint density at radius 1 is 1.22 bits per heavy atom. The molecule has 0 bridgehead atoms. The van der Waals surface area contributed by atoms with Gasteiger partial charge in [-0.3, -0.25) is 9.59 Å². The summed E-state index contributed by atoms with van der Waals surface area (Å²) in [6.45, 7) is -1.67. The molecular formula is C14H14BrF4NO3. The number of carbonyl (C=O) groups excluding carboxylic acids is 2. The summed E-state index contributed by atoms with van der Waals surface area (Å²) >= 11 is 3.25. The monoisotopic (exact) mass is 399 g/mol. The molecule has 0 aliphatic carbocycles. The number of carbonyl (C=O) groups is 2. The van der Waals surface area contributed by atoms with Gasteiger partial charge in [-0.05, 0) is 34.5 Å². The van der Waals surface area contributed by atoms with Crippen LogP contribution in [0.3, 0.4) is 0 Å². The zero-order valence-electron chi connectivity index (χ0n) is 11.8. The summed E-state index contributed by atoms with van der Waals surface area (Å²) in [7, 11) is 0. The standard InChI is InChI=1S/C14H14BrF4NO3/c15-9-4-1-2-5-10(9)20-11(21)6-3-7-12(22)23-8-14(18,19)13(16)17/h1-2,4-5,13H,3,6-8H2,(H,20,21). The molecule has 128 valence electrons. The van der Waals surface area contributed by atoms with Crippen LogP contribution in [0.15, 0.2) is 28.7 Å². The molecule has 0 heterocycles. The van der Waals surface area contributed by atoms with Crippen LogP contribution in [0.25, 0.3) is 0 Å². The number of anilines is 1. The van der Waals surface area contributed by atoms with E-state index in [0.29, 0.717) is 10.2 Å². The number of benzene rings is 1. The molecule has 0 atom stereocenters. The first-order valence-electron chi connectivity index (χ1n) is 6.58. The van der Waals surface area contributed by atoms with Crippen LogP contribution >= 0.6 is 15.9 Å². The van der Waals surface area contributed by atoms with Crippen molar-refractivity contribution in [1.29, 1.82) is 0 Å². The van der Waals surface area contributed by atoms with Crippen molar-refractivity contribution in [3.8, 4) is 0 Å². The molecule has 1 amide bonds. The maximum absolute atomic E-state index is 12.5. The van der Waals surface area contributed by atoms with Crippen molar-refractivity contribution < 1.29 is 31.9 Å². The first-order chi connectivity index (χ1) is 10.7. The van der Waals surface area contributed by atoms with Gasteiger partial charge in [-0.1, -0.05) is 12.1 Å². The lowest BCUT2D eigenvalue weighted by molar-refractivity contribution is -0.179. The zero-order valence-corrected chi connectivity index (χ0v) is 13.4. The molecule has 0 spiro atoms. The highest BCUT2D eigenvalue weighted by atomic mass is 79.9. The molecule has 0 aliphatic heterocycles.